The van der Waals surface area contributed by atoms with Crippen molar-refractivity contribution in [2.75, 3.05) is 4.90 Å². The average molecular weight is 298 g/mol. The van der Waals surface area contributed by atoms with Gasteiger partial charge in [0.25, 0.3) is 5.91 Å². The van der Waals surface area contributed by atoms with Gasteiger partial charge >= 0.3 is 0 Å². The van der Waals surface area contributed by atoms with Gasteiger partial charge in [-0.1, -0.05) is 6.58 Å². The van der Waals surface area contributed by atoms with Crippen molar-refractivity contribution < 1.29 is 4.79 Å². The second-order valence-electron chi connectivity index (χ2n) is 4.71. The Labute approximate surface area is 126 Å². The van der Waals surface area contributed by atoms with Crippen molar-refractivity contribution in [2.45, 2.75) is 6.54 Å². The molecular formula is C15H14N4OS. The molecule has 0 N–H and O–H groups in total. The van der Waals surface area contributed by atoms with Crippen LogP contribution >= 0.6 is 11.5 Å². The van der Waals surface area contributed by atoms with Crippen molar-refractivity contribution in [3.8, 4) is 0 Å². The number of anilines is 1. The van der Waals surface area contributed by atoms with Gasteiger partial charge in [-0.05, 0) is 35.8 Å². The minimum atomic E-state index is -0.138. The van der Waals surface area contributed by atoms with Crippen molar-refractivity contribution in [3.63, 3.8) is 0 Å². The number of hydrogen-bond donors (Lipinski definition) is 0. The molecule has 106 valence electrons. The molecule has 0 aliphatic carbocycles. The van der Waals surface area contributed by atoms with E-state index in [0.717, 1.165) is 22.2 Å². The largest absolute Gasteiger partial charge is 0.304 e. The number of hydrogen-bond acceptors (Lipinski definition) is 4. The third-order valence-electron chi connectivity index (χ3n) is 3.19. The predicted octanol–water partition coefficient (Wildman–Crippen LogP) is 2.75. The summed E-state index contributed by atoms with van der Waals surface area (Å²) in [6.07, 6.45) is 4.98. The van der Waals surface area contributed by atoms with Crippen LogP contribution < -0.4 is 4.90 Å². The number of aromatic nitrogens is 3. The Kier molecular flexibility index (Phi) is 3.53. The second-order valence-corrected chi connectivity index (χ2v) is 5.34. The molecule has 2 aromatic heterocycles. The van der Waals surface area contributed by atoms with Gasteiger partial charge in [0, 0.05) is 35.3 Å². The highest BCUT2D eigenvalue weighted by Gasteiger charge is 2.15. The molecule has 0 saturated carbocycles. The third kappa shape index (κ3) is 2.71. The molecule has 0 aliphatic heterocycles. The Morgan fingerprint density at radius 3 is 3.10 bits per heavy atom. The summed E-state index contributed by atoms with van der Waals surface area (Å²) in [5.41, 5.74) is 2.74. The van der Waals surface area contributed by atoms with Crippen molar-refractivity contribution in [1.29, 1.82) is 0 Å². The van der Waals surface area contributed by atoms with Crippen molar-refractivity contribution in [3.05, 3.63) is 54.2 Å². The van der Waals surface area contributed by atoms with E-state index in [1.807, 2.05) is 36.8 Å². The molecule has 21 heavy (non-hydrogen) atoms. The Balaban J connectivity index is 1.97. The summed E-state index contributed by atoms with van der Waals surface area (Å²) in [6, 6.07) is 5.80. The van der Waals surface area contributed by atoms with Crippen LogP contribution in [0, 0.1) is 0 Å². The van der Waals surface area contributed by atoms with Crippen LogP contribution in [0.25, 0.3) is 10.9 Å². The Morgan fingerprint density at radius 2 is 2.38 bits per heavy atom. The molecule has 0 fully saturated rings. The van der Waals surface area contributed by atoms with E-state index in [0.29, 0.717) is 6.54 Å². The molecule has 0 unspecified atom stereocenters. The molecule has 6 heteroatoms. The predicted molar refractivity (Wildman–Crippen MR) is 84.2 cm³/mol. The van der Waals surface area contributed by atoms with E-state index in [-0.39, 0.29) is 5.91 Å². The van der Waals surface area contributed by atoms with Crippen LogP contribution in [0.3, 0.4) is 0 Å². The van der Waals surface area contributed by atoms with Gasteiger partial charge in [0.1, 0.15) is 0 Å². The van der Waals surface area contributed by atoms with Gasteiger partial charge < -0.3 is 4.90 Å². The van der Waals surface area contributed by atoms with Crippen molar-refractivity contribution in [1.82, 2.24) is 14.2 Å². The first-order valence-electron chi connectivity index (χ1n) is 6.43. The molecular weight excluding hydrogens is 284 g/mol. The number of carbonyl (C=O) groups excluding carboxylic acids is 1. The topological polar surface area (TPSA) is 51.0 Å². The molecule has 3 aromatic rings. The zero-order valence-electron chi connectivity index (χ0n) is 11.6. The SMILES string of the molecule is C=CC(=O)N(Cc1cnn(C)c1)c1ccc2nscc2c1. The fourth-order valence-electron chi connectivity index (χ4n) is 2.17. The summed E-state index contributed by atoms with van der Waals surface area (Å²) in [6.45, 7) is 4.04. The first kappa shape index (κ1) is 13.5. The van der Waals surface area contributed by atoms with Crippen molar-refractivity contribution in [2.24, 2.45) is 7.05 Å². The molecule has 0 bridgehead atoms. The van der Waals surface area contributed by atoms with Gasteiger partial charge in [0.2, 0.25) is 0 Å². The number of amides is 1. The van der Waals surface area contributed by atoms with Gasteiger partial charge in [0.15, 0.2) is 0 Å². The summed E-state index contributed by atoms with van der Waals surface area (Å²) in [5.74, 6) is -0.138. The molecule has 2 heterocycles. The highest BCUT2D eigenvalue weighted by molar-refractivity contribution is 7.04. The van der Waals surface area contributed by atoms with Crippen LogP contribution in [-0.2, 0) is 18.4 Å². The number of aryl methyl sites for hydroxylation is 1. The van der Waals surface area contributed by atoms with Gasteiger partial charge in [-0.25, -0.2) is 0 Å². The maximum atomic E-state index is 12.2. The van der Waals surface area contributed by atoms with E-state index in [1.54, 1.807) is 15.8 Å². The number of nitrogens with zero attached hydrogens (tertiary/aromatic N) is 4. The lowest BCUT2D eigenvalue weighted by atomic mass is 10.2. The lowest BCUT2D eigenvalue weighted by Gasteiger charge is -2.20. The maximum absolute atomic E-state index is 12.2. The van der Waals surface area contributed by atoms with Crippen LogP contribution in [0.2, 0.25) is 0 Å². The molecule has 1 aromatic carbocycles. The number of rotatable bonds is 4. The summed E-state index contributed by atoms with van der Waals surface area (Å²) < 4.78 is 6.00. The minimum absolute atomic E-state index is 0.138. The lowest BCUT2D eigenvalue weighted by Crippen LogP contribution is -2.28. The Morgan fingerprint density at radius 1 is 1.52 bits per heavy atom. The van der Waals surface area contributed by atoms with Gasteiger partial charge in [-0.2, -0.15) is 9.47 Å². The van der Waals surface area contributed by atoms with Crippen LogP contribution in [-0.4, -0.2) is 20.1 Å². The first-order valence-corrected chi connectivity index (χ1v) is 7.26. The van der Waals surface area contributed by atoms with E-state index >= 15 is 0 Å². The van der Waals surface area contributed by atoms with E-state index in [9.17, 15) is 4.79 Å². The number of benzene rings is 1. The van der Waals surface area contributed by atoms with E-state index in [1.165, 1.54) is 17.6 Å². The average Bonchev–Trinajstić information content (AvgIpc) is 3.11. The summed E-state index contributed by atoms with van der Waals surface area (Å²) in [5, 5.41) is 7.14. The molecule has 1 amide bonds. The summed E-state index contributed by atoms with van der Waals surface area (Å²) in [7, 11) is 1.85. The van der Waals surface area contributed by atoms with Crippen LogP contribution in [0.5, 0.6) is 0 Å². The molecule has 5 nitrogen and oxygen atoms in total. The summed E-state index contributed by atoms with van der Waals surface area (Å²) >= 11 is 1.41. The Hall–Kier alpha value is -2.47. The van der Waals surface area contributed by atoms with Crippen LogP contribution in [0.4, 0.5) is 5.69 Å². The second kappa shape index (κ2) is 5.49. The molecule has 0 saturated heterocycles. The van der Waals surface area contributed by atoms with Gasteiger partial charge in [-0.15, -0.1) is 0 Å². The number of fused-ring (bicyclic) bond motifs is 1. The fourth-order valence-corrected chi connectivity index (χ4v) is 2.80. The quantitative estimate of drug-likeness (QED) is 0.696. The first-order chi connectivity index (χ1) is 10.2. The van der Waals surface area contributed by atoms with E-state index < -0.39 is 0 Å². The highest BCUT2D eigenvalue weighted by Crippen LogP contribution is 2.24. The van der Waals surface area contributed by atoms with Crippen LogP contribution in [0.1, 0.15) is 5.56 Å². The van der Waals surface area contributed by atoms with Gasteiger partial charge in [-0.3, -0.25) is 9.48 Å². The maximum Gasteiger partial charge on any atom is 0.250 e. The highest BCUT2D eigenvalue weighted by atomic mass is 32.1. The number of carbonyl (C=O) groups is 1. The standard InChI is InChI=1S/C15H14N4OS/c1-3-15(20)19(9-11-7-16-18(2)8-11)13-4-5-14-12(6-13)10-21-17-14/h3-8,10H,1,9H2,2H3. The van der Waals surface area contributed by atoms with E-state index in [4.69, 9.17) is 0 Å². The molecule has 0 aliphatic rings. The van der Waals surface area contributed by atoms with Gasteiger partial charge in [0.05, 0.1) is 18.3 Å². The monoisotopic (exact) mass is 298 g/mol. The summed E-state index contributed by atoms with van der Waals surface area (Å²) in [4.78, 5) is 13.8. The zero-order valence-corrected chi connectivity index (χ0v) is 12.4. The molecule has 0 spiro atoms. The smallest absolute Gasteiger partial charge is 0.250 e. The fraction of sp³-hybridized carbons (Fsp3) is 0.133. The van der Waals surface area contributed by atoms with E-state index in [2.05, 4.69) is 16.1 Å². The lowest BCUT2D eigenvalue weighted by molar-refractivity contribution is -0.114. The minimum Gasteiger partial charge on any atom is -0.304 e. The molecule has 0 radical (unpaired) electrons. The molecule has 3 rings (SSSR count). The normalized spacial score (nSPS) is 10.7. The molecule has 0 atom stereocenters. The third-order valence-corrected chi connectivity index (χ3v) is 3.85. The van der Waals surface area contributed by atoms with Crippen molar-refractivity contribution >= 4 is 34.0 Å². The Bertz CT molecular complexity index is 805. The van der Waals surface area contributed by atoms with Crippen LogP contribution in [0.15, 0.2) is 48.6 Å². The zero-order chi connectivity index (χ0) is 14.8.